The van der Waals surface area contributed by atoms with Crippen LogP contribution >= 0.6 is 12.6 Å². The Balaban J connectivity index is 2.76. The molecular formula is C2H4N4S. The third kappa shape index (κ3) is 0.894. The van der Waals surface area contributed by atoms with Crippen molar-refractivity contribution in [3.05, 3.63) is 5.82 Å². The van der Waals surface area contributed by atoms with Crippen LogP contribution in [0.2, 0.25) is 0 Å². The molecule has 0 aliphatic heterocycles. The van der Waals surface area contributed by atoms with Crippen LogP contribution in [0.4, 0.5) is 0 Å². The highest BCUT2D eigenvalue weighted by Crippen LogP contribution is 1.86. The highest BCUT2D eigenvalue weighted by molar-refractivity contribution is 7.79. The zero-order valence-electron chi connectivity index (χ0n) is 3.50. The SMILES string of the molecule is SCc1nn[nH]n1. The van der Waals surface area contributed by atoms with Gasteiger partial charge in [0.1, 0.15) is 0 Å². The van der Waals surface area contributed by atoms with Crippen molar-refractivity contribution in [2.24, 2.45) is 0 Å². The van der Waals surface area contributed by atoms with E-state index in [0.29, 0.717) is 11.6 Å². The summed E-state index contributed by atoms with van der Waals surface area (Å²) in [6.45, 7) is 0. The molecule has 5 heteroatoms. The van der Waals surface area contributed by atoms with Gasteiger partial charge in [-0.1, -0.05) is 5.21 Å². The van der Waals surface area contributed by atoms with Crippen molar-refractivity contribution >= 4 is 12.6 Å². The first-order valence-electron chi connectivity index (χ1n) is 1.76. The van der Waals surface area contributed by atoms with Crippen molar-refractivity contribution in [1.29, 1.82) is 0 Å². The molecule has 0 saturated carbocycles. The van der Waals surface area contributed by atoms with E-state index in [9.17, 15) is 0 Å². The number of rotatable bonds is 1. The minimum atomic E-state index is 0.538. The highest BCUT2D eigenvalue weighted by atomic mass is 32.1. The maximum atomic E-state index is 3.89. The summed E-state index contributed by atoms with van der Waals surface area (Å²) < 4.78 is 0. The maximum absolute atomic E-state index is 3.89. The van der Waals surface area contributed by atoms with E-state index in [1.165, 1.54) is 0 Å². The molecule has 0 aliphatic rings. The lowest BCUT2D eigenvalue weighted by Crippen LogP contribution is -1.78. The summed E-state index contributed by atoms with van der Waals surface area (Å²) in [5.74, 6) is 1.17. The Morgan fingerprint density at radius 2 is 2.57 bits per heavy atom. The molecule has 1 aromatic rings. The number of H-pyrrole nitrogens is 1. The first kappa shape index (κ1) is 4.58. The molecule has 1 rings (SSSR count). The van der Waals surface area contributed by atoms with Crippen LogP contribution in [-0.4, -0.2) is 20.6 Å². The van der Waals surface area contributed by atoms with Gasteiger partial charge in [-0.25, -0.2) is 0 Å². The van der Waals surface area contributed by atoms with E-state index < -0.39 is 0 Å². The average Bonchev–Trinajstić information content (AvgIpc) is 2.14. The van der Waals surface area contributed by atoms with Crippen LogP contribution in [0.5, 0.6) is 0 Å². The van der Waals surface area contributed by atoms with Gasteiger partial charge in [0, 0.05) is 0 Å². The van der Waals surface area contributed by atoms with Crippen LogP contribution in [0.15, 0.2) is 0 Å². The molecule has 0 saturated heterocycles. The fraction of sp³-hybridized carbons (Fsp3) is 0.500. The molecule has 0 radical (unpaired) electrons. The Bertz CT molecular complexity index is 124. The lowest BCUT2D eigenvalue weighted by molar-refractivity contribution is 0.881. The van der Waals surface area contributed by atoms with Crippen molar-refractivity contribution in [1.82, 2.24) is 20.6 Å². The van der Waals surface area contributed by atoms with Gasteiger partial charge in [-0.3, -0.25) is 0 Å². The van der Waals surface area contributed by atoms with Crippen LogP contribution in [0.3, 0.4) is 0 Å². The molecule has 7 heavy (non-hydrogen) atoms. The molecule has 1 aromatic heterocycles. The van der Waals surface area contributed by atoms with Gasteiger partial charge in [0.25, 0.3) is 0 Å². The Morgan fingerprint density at radius 1 is 1.71 bits per heavy atom. The van der Waals surface area contributed by atoms with Crippen LogP contribution in [-0.2, 0) is 5.75 Å². The molecule has 0 atom stereocenters. The van der Waals surface area contributed by atoms with E-state index in [1.54, 1.807) is 0 Å². The minimum Gasteiger partial charge on any atom is -0.177 e. The molecule has 4 nitrogen and oxygen atoms in total. The van der Waals surface area contributed by atoms with Crippen LogP contribution in [0.25, 0.3) is 0 Å². The second-order valence-electron chi connectivity index (χ2n) is 0.986. The number of hydrogen-bond donors (Lipinski definition) is 2. The summed E-state index contributed by atoms with van der Waals surface area (Å²) in [7, 11) is 0. The molecule has 0 aromatic carbocycles. The lowest BCUT2D eigenvalue weighted by Gasteiger charge is -1.72. The fourth-order valence-electron chi connectivity index (χ4n) is 0.249. The maximum Gasteiger partial charge on any atom is 0.184 e. The van der Waals surface area contributed by atoms with E-state index in [2.05, 4.69) is 33.3 Å². The van der Waals surface area contributed by atoms with Crippen molar-refractivity contribution in [2.45, 2.75) is 5.75 Å². The predicted molar refractivity (Wildman–Crippen MR) is 26.9 cm³/mol. The van der Waals surface area contributed by atoms with Gasteiger partial charge in [-0.2, -0.15) is 17.8 Å². The summed E-state index contributed by atoms with van der Waals surface area (Å²) >= 11 is 3.89. The molecule has 0 unspecified atom stereocenters. The molecule has 1 N–H and O–H groups in total. The van der Waals surface area contributed by atoms with Gasteiger partial charge in [-0.05, 0) is 0 Å². The molecule has 1 heterocycles. The second-order valence-corrected chi connectivity index (χ2v) is 1.30. The molecular weight excluding hydrogens is 112 g/mol. The average molecular weight is 116 g/mol. The number of thiol groups is 1. The molecule has 0 spiro atoms. The Labute approximate surface area is 45.7 Å². The zero-order valence-corrected chi connectivity index (χ0v) is 4.39. The molecule has 0 aliphatic carbocycles. The predicted octanol–water partition coefficient (Wildman–Crippen LogP) is -0.370. The van der Waals surface area contributed by atoms with Crippen LogP contribution in [0, 0.1) is 0 Å². The molecule has 0 fully saturated rings. The Morgan fingerprint density at radius 3 is 2.86 bits per heavy atom. The summed E-state index contributed by atoms with van der Waals surface area (Å²) in [4.78, 5) is 0. The molecule has 0 bridgehead atoms. The first-order chi connectivity index (χ1) is 3.43. The molecule has 38 valence electrons. The van der Waals surface area contributed by atoms with Gasteiger partial charge < -0.3 is 0 Å². The lowest BCUT2D eigenvalue weighted by atomic mass is 10.8. The zero-order chi connectivity index (χ0) is 5.11. The van der Waals surface area contributed by atoms with E-state index in [0.717, 1.165) is 0 Å². The quantitative estimate of drug-likeness (QED) is 0.492. The number of aromatic nitrogens is 4. The van der Waals surface area contributed by atoms with Crippen molar-refractivity contribution < 1.29 is 0 Å². The van der Waals surface area contributed by atoms with E-state index >= 15 is 0 Å². The Hall–Kier alpha value is -0.580. The number of tetrazole rings is 1. The van der Waals surface area contributed by atoms with Gasteiger partial charge in [0.05, 0.1) is 5.75 Å². The van der Waals surface area contributed by atoms with Gasteiger partial charge in [0.2, 0.25) is 0 Å². The van der Waals surface area contributed by atoms with E-state index in [-0.39, 0.29) is 0 Å². The normalized spacial score (nSPS) is 9.29. The van der Waals surface area contributed by atoms with Gasteiger partial charge in [-0.15, -0.1) is 10.2 Å². The minimum absolute atomic E-state index is 0.538. The summed E-state index contributed by atoms with van der Waals surface area (Å²) in [6.07, 6.45) is 0. The van der Waals surface area contributed by atoms with Crippen molar-refractivity contribution in [3.8, 4) is 0 Å². The van der Waals surface area contributed by atoms with E-state index in [4.69, 9.17) is 0 Å². The monoisotopic (exact) mass is 116 g/mol. The summed E-state index contributed by atoms with van der Waals surface area (Å²) in [6, 6.07) is 0. The van der Waals surface area contributed by atoms with Crippen LogP contribution in [0.1, 0.15) is 5.82 Å². The summed E-state index contributed by atoms with van der Waals surface area (Å²) in [5, 5.41) is 12.8. The number of hydrogen-bond acceptors (Lipinski definition) is 4. The highest BCUT2D eigenvalue weighted by Gasteiger charge is 1.87. The van der Waals surface area contributed by atoms with Gasteiger partial charge >= 0.3 is 0 Å². The third-order valence-electron chi connectivity index (χ3n) is 0.531. The third-order valence-corrected chi connectivity index (χ3v) is 0.813. The van der Waals surface area contributed by atoms with Crippen molar-refractivity contribution in [2.75, 3.05) is 0 Å². The van der Waals surface area contributed by atoms with Gasteiger partial charge in [0.15, 0.2) is 5.82 Å². The van der Waals surface area contributed by atoms with E-state index in [1.807, 2.05) is 0 Å². The molecule has 0 amide bonds. The fourth-order valence-corrected chi connectivity index (χ4v) is 0.383. The Kier molecular flexibility index (Phi) is 1.26. The number of nitrogens with zero attached hydrogens (tertiary/aromatic N) is 3. The topological polar surface area (TPSA) is 54.5 Å². The number of aromatic amines is 1. The number of nitrogens with one attached hydrogen (secondary N) is 1. The first-order valence-corrected chi connectivity index (χ1v) is 2.40. The largest absolute Gasteiger partial charge is 0.184 e. The summed E-state index contributed by atoms with van der Waals surface area (Å²) in [5.41, 5.74) is 0. The van der Waals surface area contributed by atoms with Crippen molar-refractivity contribution in [3.63, 3.8) is 0 Å². The standard InChI is InChI=1S/C2H4N4S/c7-1-2-3-5-6-4-2/h7H,1H2,(H,3,4,5,6). The second kappa shape index (κ2) is 1.92. The smallest absolute Gasteiger partial charge is 0.177 e. The van der Waals surface area contributed by atoms with Crippen LogP contribution < -0.4 is 0 Å².